The molecule has 0 unspecified atom stereocenters. The molecule has 5 heteroatoms. The van der Waals surface area contributed by atoms with Crippen LogP contribution in [-0.4, -0.2) is 34.4 Å². The molecular formula is C12H17N5. The maximum atomic E-state index is 4.31. The van der Waals surface area contributed by atoms with E-state index < -0.39 is 0 Å². The van der Waals surface area contributed by atoms with Crippen LogP contribution in [0.4, 0.5) is 5.69 Å². The van der Waals surface area contributed by atoms with E-state index in [-0.39, 0.29) is 0 Å². The topological polar surface area (TPSA) is 44.6 Å². The first kappa shape index (κ1) is 10.6. The second-order valence-electron chi connectivity index (χ2n) is 4.33. The summed E-state index contributed by atoms with van der Waals surface area (Å²) in [6.45, 7) is 3.05. The van der Waals surface area contributed by atoms with Gasteiger partial charge in [-0.15, -0.1) is 0 Å². The van der Waals surface area contributed by atoms with Crippen molar-refractivity contribution < 1.29 is 0 Å². The fourth-order valence-electron chi connectivity index (χ4n) is 2.13. The van der Waals surface area contributed by atoms with Crippen molar-refractivity contribution in [1.82, 2.24) is 19.9 Å². The maximum Gasteiger partial charge on any atom is 0.0952 e. The van der Waals surface area contributed by atoms with Gasteiger partial charge in [-0.1, -0.05) is 6.07 Å². The van der Waals surface area contributed by atoms with Crippen LogP contribution in [0.5, 0.6) is 0 Å². The van der Waals surface area contributed by atoms with Crippen molar-refractivity contribution in [2.45, 2.75) is 12.8 Å². The van der Waals surface area contributed by atoms with Crippen LogP contribution in [0.25, 0.3) is 5.52 Å². The summed E-state index contributed by atoms with van der Waals surface area (Å²) >= 11 is 0. The zero-order valence-corrected chi connectivity index (χ0v) is 9.76. The molecule has 0 radical (unpaired) electrons. The van der Waals surface area contributed by atoms with Gasteiger partial charge in [0.05, 0.1) is 24.1 Å². The van der Waals surface area contributed by atoms with Crippen LogP contribution in [0.2, 0.25) is 0 Å². The number of nitrogens with zero attached hydrogens (tertiary/aromatic N) is 3. The molecule has 0 aromatic carbocycles. The minimum atomic E-state index is 0.879. The van der Waals surface area contributed by atoms with Crippen molar-refractivity contribution in [3.05, 3.63) is 30.6 Å². The average Bonchev–Trinajstić information content (AvgIpc) is 2.59. The highest BCUT2D eigenvalue weighted by Gasteiger charge is 2.10. The Morgan fingerprint density at radius 3 is 3.29 bits per heavy atom. The van der Waals surface area contributed by atoms with Crippen LogP contribution < -0.4 is 10.7 Å². The molecule has 5 nitrogen and oxygen atoms in total. The first-order valence-electron chi connectivity index (χ1n) is 6.08. The molecule has 1 fully saturated rings. The van der Waals surface area contributed by atoms with E-state index in [2.05, 4.69) is 26.9 Å². The standard InChI is InChI=1S/C12H17N5/c1-3-8-17-12(5-1)11(9-14-17)15-16-7-4-2-6-13-10-16/h1,3,5,8-9,13,15H,2,4,6-7,10H2. The average molecular weight is 231 g/mol. The summed E-state index contributed by atoms with van der Waals surface area (Å²) in [7, 11) is 0. The van der Waals surface area contributed by atoms with Crippen molar-refractivity contribution in [1.29, 1.82) is 0 Å². The lowest BCUT2D eigenvalue weighted by Crippen LogP contribution is -2.36. The Hall–Kier alpha value is -1.59. The molecule has 2 aromatic rings. The Morgan fingerprint density at radius 2 is 2.29 bits per heavy atom. The Kier molecular flexibility index (Phi) is 2.94. The number of pyridine rings is 1. The first-order chi connectivity index (χ1) is 8.43. The Labute approximate surface area is 100 Å². The molecule has 0 spiro atoms. The summed E-state index contributed by atoms with van der Waals surface area (Å²) in [5.41, 5.74) is 5.60. The highest BCUT2D eigenvalue weighted by Crippen LogP contribution is 2.16. The molecule has 1 aliphatic rings. The molecule has 0 aliphatic carbocycles. The van der Waals surface area contributed by atoms with Gasteiger partial charge in [0.15, 0.2) is 0 Å². The van der Waals surface area contributed by atoms with Gasteiger partial charge in [-0.25, -0.2) is 9.52 Å². The van der Waals surface area contributed by atoms with Crippen molar-refractivity contribution in [3.8, 4) is 0 Å². The van der Waals surface area contributed by atoms with E-state index >= 15 is 0 Å². The van der Waals surface area contributed by atoms with Crippen LogP contribution in [0, 0.1) is 0 Å². The fraction of sp³-hybridized carbons (Fsp3) is 0.417. The van der Waals surface area contributed by atoms with E-state index in [1.165, 1.54) is 12.8 Å². The number of nitrogens with one attached hydrogen (secondary N) is 2. The molecule has 1 aliphatic heterocycles. The lowest BCUT2D eigenvalue weighted by Gasteiger charge is -2.21. The zero-order chi connectivity index (χ0) is 11.5. The van der Waals surface area contributed by atoms with Crippen molar-refractivity contribution >= 4 is 11.2 Å². The third-order valence-corrected chi connectivity index (χ3v) is 3.04. The van der Waals surface area contributed by atoms with Crippen LogP contribution in [0.3, 0.4) is 0 Å². The van der Waals surface area contributed by atoms with Gasteiger partial charge in [-0.3, -0.25) is 0 Å². The van der Waals surface area contributed by atoms with E-state index in [0.717, 1.165) is 31.0 Å². The SMILES string of the molecule is c1ccn2ncc(NN3CCCCNC3)c2c1. The largest absolute Gasteiger partial charge is 0.314 e. The number of hydrazine groups is 1. The summed E-state index contributed by atoms with van der Waals surface area (Å²) in [5.74, 6) is 0. The molecule has 1 saturated heterocycles. The third kappa shape index (κ3) is 2.25. The normalized spacial score (nSPS) is 18.1. The highest BCUT2D eigenvalue weighted by atomic mass is 15.5. The monoisotopic (exact) mass is 231 g/mol. The predicted molar refractivity (Wildman–Crippen MR) is 67.6 cm³/mol. The predicted octanol–water partition coefficient (Wildman–Crippen LogP) is 1.30. The van der Waals surface area contributed by atoms with E-state index in [1.807, 2.05) is 29.0 Å². The molecule has 0 amide bonds. The van der Waals surface area contributed by atoms with Crippen molar-refractivity contribution in [3.63, 3.8) is 0 Å². The van der Waals surface area contributed by atoms with Gasteiger partial charge in [-0.05, 0) is 31.5 Å². The molecule has 2 N–H and O–H groups in total. The van der Waals surface area contributed by atoms with Crippen LogP contribution in [0.1, 0.15) is 12.8 Å². The number of rotatable bonds is 2. The van der Waals surface area contributed by atoms with Gasteiger partial charge < -0.3 is 10.7 Å². The molecule has 17 heavy (non-hydrogen) atoms. The van der Waals surface area contributed by atoms with E-state index in [9.17, 15) is 0 Å². The second-order valence-corrected chi connectivity index (χ2v) is 4.33. The summed E-state index contributed by atoms with van der Waals surface area (Å²) in [4.78, 5) is 0. The number of anilines is 1. The Balaban J connectivity index is 1.79. The fourth-order valence-corrected chi connectivity index (χ4v) is 2.13. The van der Waals surface area contributed by atoms with Crippen molar-refractivity contribution in [2.24, 2.45) is 0 Å². The Morgan fingerprint density at radius 1 is 1.29 bits per heavy atom. The van der Waals surface area contributed by atoms with Gasteiger partial charge in [0, 0.05) is 12.7 Å². The molecule has 0 bridgehead atoms. The summed E-state index contributed by atoms with van der Waals surface area (Å²) < 4.78 is 1.88. The van der Waals surface area contributed by atoms with Crippen LogP contribution in [-0.2, 0) is 0 Å². The summed E-state index contributed by atoms with van der Waals surface area (Å²) in [5, 5.41) is 9.91. The molecule has 0 saturated carbocycles. The number of hydrogen-bond donors (Lipinski definition) is 2. The molecular weight excluding hydrogens is 214 g/mol. The maximum absolute atomic E-state index is 4.31. The van der Waals surface area contributed by atoms with Gasteiger partial charge in [0.1, 0.15) is 0 Å². The minimum Gasteiger partial charge on any atom is -0.314 e. The van der Waals surface area contributed by atoms with E-state index in [4.69, 9.17) is 0 Å². The van der Waals surface area contributed by atoms with Crippen LogP contribution in [0.15, 0.2) is 30.6 Å². The summed E-state index contributed by atoms with van der Waals surface area (Å²) in [6.07, 6.45) is 6.30. The van der Waals surface area contributed by atoms with Crippen LogP contribution >= 0.6 is 0 Å². The number of aromatic nitrogens is 2. The second kappa shape index (κ2) is 4.73. The van der Waals surface area contributed by atoms with E-state index in [0.29, 0.717) is 0 Å². The van der Waals surface area contributed by atoms with Crippen molar-refractivity contribution in [2.75, 3.05) is 25.2 Å². The van der Waals surface area contributed by atoms with E-state index in [1.54, 1.807) is 0 Å². The Bertz CT molecular complexity index is 484. The number of hydrogen-bond acceptors (Lipinski definition) is 4. The molecule has 3 rings (SSSR count). The van der Waals surface area contributed by atoms with Gasteiger partial charge in [0.2, 0.25) is 0 Å². The van der Waals surface area contributed by atoms with Gasteiger partial charge >= 0.3 is 0 Å². The quantitative estimate of drug-likeness (QED) is 0.818. The molecule has 0 atom stereocenters. The zero-order valence-electron chi connectivity index (χ0n) is 9.76. The highest BCUT2D eigenvalue weighted by molar-refractivity contribution is 5.70. The molecule has 90 valence electrons. The molecule has 2 aromatic heterocycles. The van der Waals surface area contributed by atoms with Gasteiger partial charge in [0.25, 0.3) is 0 Å². The summed E-state index contributed by atoms with van der Waals surface area (Å²) in [6, 6.07) is 6.08. The first-order valence-corrected chi connectivity index (χ1v) is 6.08. The van der Waals surface area contributed by atoms with Gasteiger partial charge in [-0.2, -0.15) is 5.10 Å². The smallest absolute Gasteiger partial charge is 0.0952 e. The number of fused-ring (bicyclic) bond motifs is 1. The molecule has 3 heterocycles. The lowest BCUT2D eigenvalue weighted by atomic mass is 10.3. The lowest BCUT2D eigenvalue weighted by molar-refractivity contribution is 0.327. The third-order valence-electron chi connectivity index (χ3n) is 3.04. The minimum absolute atomic E-state index is 0.879.